The van der Waals surface area contributed by atoms with Crippen LogP contribution in [0, 0.1) is 5.92 Å². The Morgan fingerprint density at radius 2 is 1.63 bits per heavy atom. The van der Waals surface area contributed by atoms with Crippen LogP contribution in [0.15, 0.2) is 60.7 Å². The highest BCUT2D eigenvalue weighted by Gasteiger charge is 2.32. The van der Waals surface area contributed by atoms with Gasteiger partial charge in [-0.3, -0.25) is 4.79 Å². The summed E-state index contributed by atoms with van der Waals surface area (Å²) in [7, 11) is 0. The third kappa shape index (κ3) is 5.17. The smallest absolute Gasteiger partial charge is 0.326 e. The van der Waals surface area contributed by atoms with Crippen LogP contribution < -0.4 is 5.32 Å². The van der Waals surface area contributed by atoms with Gasteiger partial charge in [0.1, 0.15) is 6.04 Å². The van der Waals surface area contributed by atoms with Crippen molar-refractivity contribution in [2.75, 3.05) is 13.2 Å². The molecule has 1 amide bonds. The number of nitrogens with one attached hydrogen (secondary N) is 1. The molecule has 1 aliphatic rings. The molecule has 0 radical (unpaired) electrons. The predicted molar refractivity (Wildman–Crippen MR) is 102 cm³/mol. The lowest BCUT2D eigenvalue weighted by Crippen LogP contribution is -2.48. The lowest BCUT2D eigenvalue weighted by atomic mass is 9.87. The van der Waals surface area contributed by atoms with Gasteiger partial charge in [0, 0.05) is 24.9 Å². The fraction of sp³-hybridized carbons (Fsp3) is 0.364. The minimum atomic E-state index is -1.00. The van der Waals surface area contributed by atoms with Crippen molar-refractivity contribution in [3.63, 3.8) is 0 Å². The van der Waals surface area contributed by atoms with E-state index in [1.54, 1.807) is 0 Å². The number of aliphatic carboxylic acids is 1. The van der Waals surface area contributed by atoms with Crippen LogP contribution in [-0.4, -0.2) is 36.2 Å². The molecule has 142 valence electrons. The van der Waals surface area contributed by atoms with Gasteiger partial charge in [0.15, 0.2) is 0 Å². The lowest BCUT2D eigenvalue weighted by Gasteiger charge is -2.28. The van der Waals surface area contributed by atoms with E-state index in [1.807, 2.05) is 60.7 Å². The number of rotatable bonds is 7. The highest BCUT2D eigenvalue weighted by molar-refractivity contribution is 5.84. The monoisotopic (exact) mass is 367 g/mol. The second kappa shape index (κ2) is 9.33. The van der Waals surface area contributed by atoms with E-state index in [2.05, 4.69) is 5.32 Å². The number of carboxylic acid groups (broad SMARTS) is 1. The number of hydrogen-bond acceptors (Lipinski definition) is 3. The van der Waals surface area contributed by atoms with Crippen molar-refractivity contribution in [3.05, 3.63) is 71.8 Å². The van der Waals surface area contributed by atoms with Gasteiger partial charge in [0.25, 0.3) is 0 Å². The Morgan fingerprint density at radius 1 is 1.04 bits per heavy atom. The summed E-state index contributed by atoms with van der Waals surface area (Å²) >= 11 is 0. The van der Waals surface area contributed by atoms with Crippen molar-refractivity contribution in [2.45, 2.75) is 31.2 Å². The molecule has 0 aliphatic carbocycles. The van der Waals surface area contributed by atoms with Gasteiger partial charge in [-0.2, -0.15) is 0 Å². The maximum absolute atomic E-state index is 12.7. The van der Waals surface area contributed by atoms with E-state index >= 15 is 0 Å². The molecule has 5 heteroatoms. The van der Waals surface area contributed by atoms with Crippen LogP contribution in [0.2, 0.25) is 0 Å². The number of carbonyl (C=O) groups excluding carboxylic acids is 1. The quantitative estimate of drug-likeness (QED) is 0.788. The van der Waals surface area contributed by atoms with Crippen molar-refractivity contribution in [2.24, 2.45) is 5.92 Å². The van der Waals surface area contributed by atoms with E-state index in [9.17, 15) is 14.7 Å². The second-order valence-corrected chi connectivity index (χ2v) is 6.94. The summed E-state index contributed by atoms with van der Waals surface area (Å²) in [5.41, 5.74) is 2.07. The molecule has 2 atom stereocenters. The normalized spacial score (nSPS) is 18.0. The molecule has 2 unspecified atom stereocenters. The molecular formula is C22H25NO4. The Morgan fingerprint density at radius 3 is 2.11 bits per heavy atom. The Balaban J connectivity index is 1.74. The first-order chi connectivity index (χ1) is 13.1. The molecule has 0 aromatic heterocycles. The Hall–Kier alpha value is -2.66. The van der Waals surface area contributed by atoms with Crippen LogP contribution in [0.4, 0.5) is 0 Å². The number of carboxylic acids is 1. The lowest BCUT2D eigenvalue weighted by molar-refractivity contribution is -0.145. The molecule has 0 saturated carbocycles. The molecule has 5 nitrogen and oxygen atoms in total. The van der Waals surface area contributed by atoms with Crippen LogP contribution >= 0.6 is 0 Å². The third-order valence-corrected chi connectivity index (χ3v) is 5.04. The van der Waals surface area contributed by atoms with Gasteiger partial charge in [-0.15, -0.1) is 0 Å². The van der Waals surface area contributed by atoms with Crippen LogP contribution in [-0.2, 0) is 14.3 Å². The molecule has 1 aliphatic heterocycles. The first kappa shape index (κ1) is 19.1. The van der Waals surface area contributed by atoms with E-state index in [4.69, 9.17) is 4.74 Å². The molecular weight excluding hydrogens is 342 g/mol. The SMILES string of the molecule is O=C(CC(c1ccccc1)c1ccccc1)NC(C(=O)O)C1CCCOC1. The maximum Gasteiger partial charge on any atom is 0.326 e. The van der Waals surface area contributed by atoms with E-state index in [0.29, 0.717) is 13.2 Å². The highest BCUT2D eigenvalue weighted by atomic mass is 16.5. The molecule has 2 aromatic rings. The summed E-state index contributed by atoms with van der Waals surface area (Å²) in [4.78, 5) is 24.4. The number of benzene rings is 2. The first-order valence-electron chi connectivity index (χ1n) is 9.35. The second-order valence-electron chi connectivity index (χ2n) is 6.94. The van der Waals surface area contributed by atoms with E-state index in [1.165, 1.54) is 0 Å². The molecule has 1 heterocycles. The standard InChI is InChI=1S/C22H25NO4/c24-20(23-21(22(25)26)18-12-7-13-27-15-18)14-19(16-8-3-1-4-9-16)17-10-5-2-6-11-17/h1-6,8-11,18-19,21H,7,12-15H2,(H,23,24)(H,25,26). The zero-order chi connectivity index (χ0) is 19.1. The minimum absolute atomic E-state index is 0.121. The highest BCUT2D eigenvalue weighted by Crippen LogP contribution is 2.28. The van der Waals surface area contributed by atoms with Gasteiger partial charge in [0.2, 0.25) is 5.91 Å². The van der Waals surface area contributed by atoms with Crippen LogP contribution in [0.3, 0.4) is 0 Å². The molecule has 1 saturated heterocycles. The van der Waals surface area contributed by atoms with Crippen molar-refractivity contribution in [3.8, 4) is 0 Å². The summed E-state index contributed by atoms with van der Waals surface area (Å²) in [5.74, 6) is -1.57. The zero-order valence-corrected chi connectivity index (χ0v) is 15.2. The summed E-state index contributed by atoms with van der Waals surface area (Å²) in [6.45, 7) is 1.03. The first-order valence-corrected chi connectivity index (χ1v) is 9.35. The molecule has 2 aromatic carbocycles. The van der Waals surface area contributed by atoms with Crippen LogP contribution in [0.1, 0.15) is 36.3 Å². The average molecular weight is 367 g/mol. The Labute approximate surface area is 159 Å². The molecule has 0 bridgehead atoms. The van der Waals surface area contributed by atoms with Gasteiger partial charge in [0.05, 0.1) is 6.61 Å². The summed E-state index contributed by atoms with van der Waals surface area (Å²) in [5, 5.41) is 12.3. The maximum atomic E-state index is 12.7. The van der Waals surface area contributed by atoms with Crippen LogP contribution in [0.25, 0.3) is 0 Å². The van der Waals surface area contributed by atoms with E-state index in [-0.39, 0.29) is 24.2 Å². The molecule has 27 heavy (non-hydrogen) atoms. The number of carbonyl (C=O) groups is 2. The number of amides is 1. The van der Waals surface area contributed by atoms with E-state index < -0.39 is 12.0 Å². The summed E-state index contributed by atoms with van der Waals surface area (Å²) in [6.07, 6.45) is 1.77. The molecule has 1 fully saturated rings. The van der Waals surface area contributed by atoms with Gasteiger partial charge in [-0.05, 0) is 24.0 Å². The molecule has 0 spiro atoms. The minimum Gasteiger partial charge on any atom is -0.480 e. The topological polar surface area (TPSA) is 75.6 Å². The fourth-order valence-corrected chi connectivity index (χ4v) is 3.63. The van der Waals surface area contributed by atoms with Crippen molar-refractivity contribution in [1.29, 1.82) is 0 Å². The summed E-state index contributed by atoms with van der Waals surface area (Å²) < 4.78 is 5.40. The third-order valence-electron chi connectivity index (χ3n) is 5.04. The van der Waals surface area contributed by atoms with Crippen molar-refractivity contribution in [1.82, 2.24) is 5.32 Å². The average Bonchev–Trinajstić information content (AvgIpc) is 2.72. The summed E-state index contributed by atoms with van der Waals surface area (Å²) in [6, 6.07) is 18.7. The van der Waals surface area contributed by atoms with Gasteiger partial charge < -0.3 is 15.2 Å². The number of ether oxygens (including phenoxy) is 1. The zero-order valence-electron chi connectivity index (χ0n) is 15.2. The van der Waals surface area contributed by atoms with Crippen LogP contribution in [0.5, 0.6) is 0 Å². The molecule has 2 N–H and O–H groups in total. The Bertz CT molecular complexity index is 702. The van der Waals surface area contributed by atoms with Gasteiger partial charge in [-0.25, -0.2) is 4.79 Å². The Kier molecular flexibility index (Phi) is 6.60. The number of hydrogen-bond donors (Lipinski definition) is 2. The molecule has 3 rings (SSSR count). The fourth-order valence-electron chi connectivity index (χ4n) is 3.63. The van der Waals surface area contributed by atoms with Gasteiger partial charge >= 0.3 is 5.97 Å². The van der Waals surface area contributed by atoms with Gasteiger partial charge in [-0.1, -0.05) is 60.7 Å². The van der Waals surface area contributed by atoms with Crippen molar-refractivity contribution >= 4 is 11.9 Å². The largest absolute Gasteiger partial charge is 0.480 e. The van der Waals surface area contributed by atoms with E-state index in [0.717, 1.165) is 24.0 Å². The van der Waals surface area contributed by atoms with Crippen molar-refractivity contribution < 1.29 is 19.4 Å². The predicted octanol–water partition coefficient (Wildman–Crippen LogP) is 3.20.